The van der Waals surface area contributed by atoms with Crippen molar-refractivity contribution in [3.63, 3.8) is 0 Å². The lowest BCUT2D eigenvalue weighted by Gasteiger charge is -2.15. The average Bonchev–Trinajstić information content (AvgIpc) is 2.56. The van der Waals surface area contributed by atoms with E-state index in [0.29, 0.717) is 13.0 Å². The molecule has 1 saturated heterocycles. The van der Waals surface area contributed by atoms with E-state index >= 15 is 0 Å². The van der Waals surface area contributed by atoms with Crippen LogP contribution in [-0.4, -0.2) is 17.5 Å². The number of nitrogens with one attached hydrogen (secondary N) is 1. The number of hydrogen-bond acceptors (Lipinski definition) is 2. The quantitative estimate of drug-likeness (QED) is 0.872. The molecule has 0 bridgehead atoms. The summed E-state index contributed by atoms with van der Waals surface area (Å²) in [5.41, 5.74) is 4.18. The van der Waals surface area contributed by atoms with Crippen LogP contribution in [0.1, 0.15) is 12.0 Å². The Morgan fingerprint density at radius 2 is 2.07 bits per heavy atom. The number of amides is 1. The first-order chi connectivity index (χ1) is 6.75. The lowest BCUT2D eigenvalue weighted by molar-refractivity contribution is -0.130. The zero-order chi connectivity index (χ0) is 9.97. The summed E-state index contributed by atoms with van der Waals surface area (Å²) in [6, 6.07) is 7.99. The Labute approximate surface area is 91.2 Å². The predicted octanol–water partition coefficient (Wildman–Crippen LogP) is 1.69. The summed E-state index contributed by atoms with van der Waals surface area (Å²) in [7, 11) is 0. The molecule has 0 unspecified atom stereocenters. The Balaban J connectivity index is 2.03. The van der Waals surface area contributed by atoms with E-state index in [-0.39, 0.29) is 5.91 Å². The summed E-state index contributed by atoms with van der Waals surface area (Å²) >= 11 is 3.37. The molecule has 0 aromatic heterocycles. The van der Waals surface area contributed by atoms with Gasteiger partial charge in [0.25, 0.3) is 0 Å². The molecule has 14 heavy (non-hydrogen) atoms. The van der Waals surface area contributed by atoms with Crippen LogP contribution >= 0.6 is 15.9 Å². The summed E-state index contributed by atoms with van der Waals surface area (Å²) in [6.07, 6.45) is 0.608. The van der Waals surface area contributed by atoms with Crippen LogP contribution < -0.4 is 5.43 Å². The van der Waals surface area contributed by atoms with Gasteiger partial charge in [0.15, 0.2) is 0 Å². The minimum absolute atomic E-state index is 0.174. The molecule has 1 fully saturated rings. The molecule has 0 aliphatic carbocycles. The average molecular weight is 255 g/mol. The van der Waals surface area contributed by atoms with Crippen LogP contribution in [0.5, 0.6) is 0 Å². The fraction of sp³-hybridized carbons (Fsp3) is 0.300. The maximum Gasteiger partial charge on any atom is 0.238 e. The summed E-state index contributed by atoms with van der Waals surface area (Å²) in [5, 5.41) is 1.67. The van der Waals surface area contributed by atoms with Gasteiger partial charge in [-0.2, -0.15) is 0 Å². The molecule has 1 aliphatic rings. The van der Waals surface area contributed by atoms with E-state index in [0.717, 1.165) is 16.6 Å². The Kier molecular flexibility index (Phi) is 2.84. The van der Waals surface area contributed by atoms with Crippen molar-refractivity contribution in [1.82, 2.24) is 10.4 Å². The third-order valence-corrected chi connectivity index (χ3v) is 2.73. The van der Waals surface area contributed by atoms with Crippen molar-refractivity contribution in [3.8, 4) is 0 Å². The Morgan fingerprint density at radius 3 is 2.64 bits per heavy atom. The Morgan fingerprint density at radius 1 is 1.36 bits per heavy atom. The third-order valence-electron chi connectivity index (χ3n) is 2.20. The zero-order valence-electron chi connectivity index (χ0n) is 7.66. The van der Waals surface area contributed by atoms with Gasteiger partial charge in [0.1, 0.15) is 0 Å². The molecular formula is C10H11BrN2O. The van der Waals surface area contributed by atoms with Crippen molar-refractivity contribution in [2.75, 3.05) is 6.54 Å². The molecule has 1 aromatic rings. The maximum absolute atomic E-state index is 11.3. The number of benzene rings is 1. The molecular weight excluding hydrogens is 244 g/mol. The van der Waals surface area contributed by atoms with Crippen LogP contribution in [0.3, 0.4) is 0 Å². The molecule has 1 aromatic carbocycles. The SMILES string of the molecule is O=C1CCNN1Cc1ccc(Br)cc1. The largest absolute Gasteiger partial charge is 0.274 e. The molecule has 1 aliphatic heterocycles. The molecule has 0 saturated carbocycles. The summed E-state index contributed by atoms with van der Waals surface area (Å²) in [6.45, 7) is 1.40. The van der Waals surface area contributed by atoms with Crippen molar-refractivity contribution in [2.24, 2.45) is 0 Å². The van der Waals surface area contributed by atoms with Gasteiger partial charge in [-0.3, -0.25) is 9.80 Å². The van der Waals surface area contributed by atoms with Gasteiger partial charge in [0, 0.05) is 17.4 Å². The molecule has 74 valence electrons. The smallest absolute Gasteiger partial charge is 0.238 e. The van der Waals surface area contributed by atoms with Gasteiger partial charge in [-0.15, -0.1) is 0 Å². The zero-order valence-corrected chi connectivity index (χ0v) is 9.25. The van der Waals surface area contributed by atoms with Crippen LogP contribution in [0.15, 0.2) is 28.7 Å². The van der Waals surface area contributed by atoms with Crippen molar-refractivity contribution in [1.29, 1.82) is 0 Å². The van der Waals surface area contributed by atoms with Gasteiger partial charge in [-0.05, 0) is 17.7 Å². The highest BCUT2D eigenvalue weighted by Gasteiger charge is 2.19. The van der Waals surface area contributed by atoms with Crippen molar-refractivity contribution < 1.29 is 4.79 Å². The lowest BCUT2D eigenvalue weighted by Crippen LogP contribution is -2.33. The van der Waals surface area contributed by atoms with E-state index in [1.54, 1.807) is 5.01 Å². The van der Waals surface area contributed by atoms with Crippen molar-refractivity contribution >= 4 is 21.8 Å². The number of hydrogen-bond donors (Lipinski definition) is 1. The van der Waals surface area contributed by atoms with E-state index in [1.165, 1.54) is 0 Å². The van der Waals surface area contributed by atoms with Gasteiger partial charge in [-0.25, -0.2) is 5.43 Å². The van der Waals surface area contributed by atoms with Crippen LogP contribution in [0.2, 0.25) is 0 Å². The lowest BCUT2D eigenvalue weighted by atomic mass is 10.2. The van der Waals surface area contributed by atoms with Crippen LogP contribution in [0.25, 0.3) is 0 Å². The van der Waals surface area contributed by atoms with Gasteiger partial charge < -0.3 is 0 Å². The summed E-state index contributed by atoms with van der Waals surface area (Å²) < 4.78 is 1.06. The number of nitrogens with zero attached hydrogens (tertiary/aromatic N) is 1. The monoisotopic (exact) mass is 254 g/mol. The summed E-state index contributed by atoms with van der Waals surface area (Å²) in [4.78, 5) is 11.3. The second kappa shape index (κ2) is 4.11. The van der Waals surface area contributed by atoms with Gasteiger partial charge in [-0.1, -0.05) is 28.1 Å². The molecule has 0 radical (unpaired) electrons. The molecule has 0 atom stereocenters. The maximum atomic E-state index is 11.3. The third kappa shape index (κ3) is 2.13. The van der Waals surface area contributed by atoms with Crippen molar-refractivity contribution in [2.45, 2.75) is 13.0 Å². The van der Waals surface area contributed by atoms with E-state index in [4.69, 9.17) is 0 Å². The molecule has 1 heterocycles. The first kappa shape index (κ1) is 9.68. The van der Waals surface area contributed by atoms with E-state index in [2.05, 4.69) is 21.4 Å². The Hall–Kier alpha value is -0.870. The first-order valence-electron chi connectivity index (χ1n) is 4.54. The highest BCUT2D eigenvalue weighted by atomic mass is 79.9. The van der Waals surface area contributed by atoms with Gasteiger partial charge in [0.05, 0.1) is 6.54 Å². The van der Waals surface area contributed by atoms with Gasteiger partial charge in [0.2, 0.25) is 5.91 Å². The molecule has 2 rings (SSSR count). The number of hydrazine groups is 1. The fourth-order valence-corrected chi connectivity index (χ4v) is 1.70. The van der Waals surface area contributed by atoms with E-state index < -0.39 is 0 Å². The highest BCUT2D eigenvalue weighted by molar-refractivity contribution is 9.10. The topological polar surface area (TPSA) is 32.3 Å². The van der Waals surface area contributed by atoms with Crippen LogP contribution in [0, 0.1) is 0 Å². The van der Waals surface area contributed by atoms with Gasteiger partial charge >= 0.3 is 0 Å². The summed E-state index contributed by atoms with van der Waals surface area (Å²) in [5.74, 6) is 0.174. The second-order valence-electron chi connectivity index (χ2n) is 3.26. The number of rotatable bonds is 2. The second-order valence-corrected chi connectivity index (χ2v) is 4.18. The van der Waals surface area contributed by atoms with E-state index in [9.17, 15) is 4.79 Å². The number of halogens is 1. The fourth-order valence-electron chi connectivity index (χ4n) is 1.44. The minimum Gasteiger partial charge on any atom is -0.274 e. The standard InChI is InChI=1S/C10H11BrN2O/c11-9-3-1-8(2-4-9)7-13-10(14)5-6-12-13/h1-4,12H,5-7H2. The Bertz CT molecular complexity index is 336. The molecule has 3 nitrogen and oxygen atoms in total. The number of carbonyl (C=O) groups is 1. The molecule has 1 N–H and O–H groups in total. The number of carbonyl (C=O) groups excluding carboxylic acids is 1. The van der Waals surface area contributed by atoms with Crippen molar-refractivity contribution in [3.05, 3.63) is 34.3 Å². The minimum atomic E-state index is 0.174. The first-order valence-corrected chi connectivity index (χ1v) is 5.33. The van der Waals surface area contributed by atoms with Crippen LogP contribution in [-0.2, 0) is 11.3 Å². The predicted molar refractivity (Wildman–Crippen MR) is 57.3 cm³/mol. The van der Waals surface area contributed by atoms with E-state index in [1.807, 2.05) is 24.3 Å². The molecule has 0 spiro atoms. The van der Waals surface area contributed by atoms with Crippen LogP contribution in [0.4, 0.5) is 0 Å². The molecule has 4 heteroatoms. The normalized spacial score (nSPS) is 16.4. The molecule has 1 amide bonds. The highest BCUT2D eigenvalue weighted by Crippen LogP contribution is 2.13.